The molecular weight excluding hydrogens is 927 g/mol. The summed E-state index contributed by atoms with van der Waals surface area (Å²) < 4.78 is 62.4. The second-order valence-corrected chi connectivity index (χ2v) is 21.6. The SMILES string of the molecule is CCCCCCCC(C)CCCCCC(=O)SCCNC(=O)CCNC(=O)C(O)C(C)(C)COP(=O)(O)OP(=O)(O)OCC1OC(n2cnc3c(N)ncnc32)C(O)C1OP(=O)(O)O. The highest BCUT2D eigenvalue weighted by atomic mass is 32.2. The van der Waals surface area contributed by atoms with Crippen molar-refractivity contribution >= 4 is 69.1 Å². The Kier molecular flexibility index (Phi) is 22.9. The normalized spacial score (nSPS) is 21.0. The van der Waals surface area contributed by atoms with Gasteiger partial charge in [-0.2, -0.15) is 4.31 Å². The molecule has 8 unspecified atom stereocenters. The van der Waals surface area contributed by atoms with Crippen LogP contribution in [0.4, 0.5) is 5.82 Å². The molecule has 1 aliphatic heterocycles. The van der Waals surface area contributed by atoms with Crippen molar-refractivity contribution in [3.05, 3.63) is 12.7 Å². The largest absolute Gasteiger partial charge is 0.481 e. The van der Waals surface area contributed by atoms with Crippen molar-refractivity contribution in [1.82, 2.24) is 30.2 Å². The molecule has 2 aromatic rings. The van der Waals surface area contributed by atoms with Gasteiger partial charge in [0.05, 0.1) is 19.5 Å². The van der Waals surface area contributed by atoms with Crippen LogP contribution in [0.5, 0.6) is 0 Å². The summed E-state index contributed by atoms with van der Waals surface area (Å²) in [4.78, 5) is 88.3. The molecule has 3 rings (SSSR count). The number of amides is 2. The molecular formula is C36H64N7O17P3S. The number of aliphatic hydroxyl groups excluding tert-OH is 2. The first-order chi connectivity index (χ1) is 29.9. The van der Waals surface area contributed by atoms with Crippen molar-refractivity contribution in [1.29, 1.82) is 0 Å². The van der Waals surface area contributed by atoms with Gasteiger partial charge in [0.2, 0.25) is 11.8 Å². The van der Waals surface area contributed by atoms with E-state index in [4.69, 9.17) is 19.5 Å². The average Bonchev–Trinajstić information content (AvgIpc) is 3.77. The van der Waals surface area contributed by atoms with Crippen LogP contribution in [0.25, 0.3) is 11.2 Å². The summed E-state index contributed by atoms with van der Waals surface area (Å²) in [5, 5.41) is 26.6. The highest BCUT2D eigenvalue weighted by Gasteiger charge is 2.50. The van der Waals surface area contributed by atoms with E-state index in [0.29, 0.717) is 18.1 Å². The molecule has 0 spiro atoms. The third-order valence-corrected chi connectivity index (χ3v) is 14.2. The fourth-order valence-electron chi connectivity index (χ4n) is 6.55. The number of imidazole rings is 1. The van der Waals surface area contributed by atoms with Crippen molar-refractivity contribution < 1.29 is 80.5 Å². The number of aliphatic hydroxyl groups is 2. The molecule has 1 aliphatic rings. The highest BCUT2D eigenvalue weighted by Crippen LogP contribution is 2.61. The zero-order valence-electron chi connectivity index (χ0n) is 36.4. The standard InChI is InChI=1S/C36H64N7O17P3S/c1-5-6-7-8-10-13-24(2)14-11-9-12-15-27(45)64-19-18-38-26(44)16-17-39-34(48)31(47)36(3,4)21-57-63(54,55)60-62(52,53)56-20-25-30(59-61(49,50)51)29(46)35(58-25)43-23-42-28-32(37)40-22-41-33(28)43/h22-25,29-31,35,46-47H,5-21H2,1-4H3,(H,38,44)(H,39,48)(H,52,53)(H,54,55)(H2,37,40,41)(H2,49,50,51). The predicted octanol–water partition coefficient (Wildman–Crippen LogP) is 3.61. The van der Waals surface area contributed by atoms with Crippen LogP contribution in [0.3, 0.4) is 0 Å². The molecule has 0 radical (unpaired) electrons. The number of carbonyl (C=O) groups is 3. The number of phosphoric acid groups is 3. The number of aromatic nitrogens is 4. The maximum atomic E-state index is 12.7. The number of fused-ring (bicyclic) bond motifs is 1. The van der Waals surface area contributed by atoms with Gasteiger partial charge in [0.1, 0.15) is 36.3 Å². The Morgan fingerprint density at radius 3 is 2.27 bits per heavy atom. The lowest BCUT2D eigenvalue weighted by molar-refractivity contribution is -0.137. The zero-order chi connectivity index (χ0) is 47.7. The second-order valence-electron chi connectivity index (χ2n) is 16.2. The number of rotatable bonds is 31. The number of nitrogens with one attached hydrogen (secondary N) is 2. The third-order valence-electron chi connectivity index (χ3n) is 10.1. The first-order valence-corrected chi connectivity index (χ1v) is 26.5. The molecule has 2 amide bonds. The van der Waals surface area contributed by atoms with Crippen LogP contribution in [0.2, 0.25) is 0 Å². The summed E-state index contributed by atoms with van der Waals surface area (Å²) in [7, 11) is -16.4. The smallest absolute Gasteiger partial charge is 0.386 e. The highest BCUT2D eigenvalue weighted by molar-refractivity contribution is 8.13. The minimum Gasteiger partial charge on any atom is -0.386 e. The van der Waals surface area contributed by atoms with Gasteiger partial charge >= 0.3 is 23.5 Å². The number of nitrogen functional groups attached to an aromatic ring is 1. The number of hydrogen-bond donors (Lipinski definition) is 9. The number of unbranched alkanes of at least 4 members (excludes halogenated alkanes) is 6. The van der Waals surface area contributed by atoms with Gasteiger partial charge in [-0.05, 0) is 12.3 Å². The summed E-state index contributed by atoms with van der Waals surface area (Å²) in [5.74, 6) is -0.323. The molecule has 2 aromatic heterocycles. The monoisotopic (exact) mass is 991 g/mol. The zero-order valence-corrected chi connectivity index (χ0v) is 39.9. The number of phosphoric ester groups is 3. The average molecular weight is 992 g/mol. The van der Waals surface area contributed by atoms with Crippen molar-refractivity contribution in [3.8, 4) is 0 Å². The lowest BCUT2D eigenvalue weighted by Crippen LogP contribution is -2.46. The minimum absolute atomic E-state index is 0.0333. The molecule has 0 aliphatic carbocycles. The summed E-state index contributed by atoms with van der Waals surface area (Å²) in [6.07, 6.45) is 5.41. The summed E-state index contributed by atoms with van der Waals surface area (Å²) in [6, 6.07) is 0. The Labute approximate surface area is 376 Å². The molecule has 0 aromatic carbocycles. The van der Waals surface area contributed by atoms with Crippen molar-refractivity contribution in [2.75, 3.05) is 37.8 Å². The van der Waals surface area contributed by atoms with E-state index in [-0.39, 0.29) is 41.6 Å². The van der Waals surface area contributed by atoms with Gasteiger partial charge in [-0.3, -0.25) is 32.5 Å². The van der Waals surface area contributed by atoms with Crippen molar-refractivity contribution in [3.63, 3.8) is 0 Å². The van der Waals surface area contributed by atoms with E-state index < -0.39 is 84.6 Å². The first kappa shape index (κ1) is 55.9. The number of nitrogens with two attached hydrogens (primary N) is 1. The Morgan fingerprint density at radius 2 is 1.59 bits per heavy atom. The Morgan fingerprint density at radius 1 is 0.938 bits per heavy atom. The van der Waals surface area contributed by atoms with Gasteiger partial charge in [0.15, 0.2) is 22.8 Å². The van der Waals surface area contributed by atoms with Gasteiger partial charge in [-0.1, -0.05) is 97.2 Å². The summed E-state index contributed by atoms with van der Waals surface area (Å²) in [5.41, 5.74) is 4.29. The van der Waals surface area contributed by atoms with E-state index >= 15 is 0 Å². The fourth-order valence-corrected chi connectivity index (χ4v) is 10.1. The predicted molar refractivity (Wildman–Crippen MR) is 233 cm³/mol. The quantitative estimate of drug-likeness (QED) is 0.0385. The van der Waals surface area contributed by atoms with Crippen LogP contribution < -0.4 is 16.4 Å². The molecule has 366 valence electrons. The van der Waals surface area contributed by atoms with Crippen molar-refractivity contribution in [2.45, 2.75) is 135 Å². The lowest BCUT2D eigenvalue weighted by atomic mass is 9.87. The number of thioether (sulfide) groups is 1. The number of nitrogens with zero attached hydrogens (tertiary/aromatic N) is 4. The molecule has 0 saturated carbocycles. The Bertz CT molecular complexity index is 1960. The van der Waals surface area contributed by atoms with Crippen LogP contribution in [-0.4, -0.2) is 123 Å². The van der Waals surface area contributed by atoms with Gasteiger partial charge in [-0.25, -0.2) is 28.6 Å². The molecule has 3 heterocycles. The molecule has 1 fully saturated rings. The Hall–Kier alpha value is -2.44. The second kappa shape index (κ2) is 26.2. The van der Waals surface area contributed by atoms with Crippen LogP contribution in [0, 0.1) is 11.3 Å². The van der Waals surface area contributed by atoms with Crippen LogP contribution in [0.15, 0.2) is 12.7 Å². The van der Waals surface area contributed by atoms with Gasteiger partial charge in [-0.15, -0.1) is 0 Å². The molecule has 64 heavy (non-hydrogen) atoms. The van der Waals surface area contributed by atoms with E-state index in [0.717, 1.165) is 48.2 Å². The third kappa shape index (κ3) is 19.4. The number of carbonyl (C=O) groups excluding carboxylic acids is 3. The minimum atomic E-state index is -5.57. The molecule has 8 atom stereocenters. The molecule has 28 heteroatoms. The van der Waals surface area contributed by atoms with Crippen LogP contribution >= 0.6 is 35.2 Å². The van der Waals surface area contributed by atoms with Crippen molar-refractivity contribution in [2.24, 2.45) is 11.3 Å². The molecule has 10 N–H and O–H groups in total. The van der Waals surface area contributed by atoms with Gasteiger partial charge in [0, 0.05) is 37.1 Å². The van der Waals surface area contributed by atoms with E-state index in [9.17, 15) is 57.9 Å². The molecule has 0 bridgehead atoms. The van der Waals surface area contributed by atoms with E-state index in [1.165, 1.54) is 58.8 Å². The Balaban J connectivity index is 1.35. The summed E-state index contributed by atoms with van der Waals surface area (Å²) in [6.45, 7) is 5.08. The van der Waals surface area contributed by atoms with E-state index in [2.05, 4.69) is 48.3 Å². The van der Waals surface area contributed by atoms with Gasteiger partial charge in [0.25, 0.3) is 0 Å². The molecule has 24 nitrogen and oxygen atoms in total. The molecule has 1 saturated heterocycles. The lowest BCUT2D eigenvalue weighted by Gasteiger charge is -2.30. The van der Waals surface area contributed by atoms with Gasteiger partial charge < -0.3 is 50.9 Å². The van der Waals surface area contributed by atoms with Crippen LogP contribution in [0.1, 0.15) is 111 Å². The topological polar surface area (TPSA) is 364 Å². The number of anilines is 1. The maximum absolute atomic E-state index is 12.7. The fraction of sp³-hybridized carbons (Fsp3) is 0.778. The number of hydrogen-bond acceptors (Lipinski definition) is 18. The number of ether oxygens (including phenoxy) is 1. The maximum Gasteiger partial charge on any atom is 0.481 e. The summed E-state index contributed by atoms with van der Waals surface area (Å²) >= 11 is 1.15. The van der Waals surface area contributed by atoms with E-state index in [1.54, 1.807) is 0 Å². The van der Waals surface area contributed by atoms with Crippen LogP contribution in [-0.2, 0) is 50.7 Å². The first-order valence-electron chi connectivity index (χ1n) is 21.0. The van der Waals surface area contributed by atoms with E-state index in [1.807, 2.05) is 0 Å².